The lowest BCUT2D eigenvalue weighted by Gasteiger charge is -2.26. The highest BCUT2D eigenvalue weighted by Gasteiger charge is 2.27. The lowest BCUT2D eigenvalue weighted by molar-refractivity contribution is 0.0900. The first kappa shape index (κ1) is 17.8. The molecule has 0 bridgehead atoms. The Bertz CT molecular complexity index is 838. The van der Waals surface area contributed by atoms with Crippen LogP contribution in [0.25, 0.3) is 11.3 Å². The number of benzene rings is 1. The molecule has 0 saturated carbocycles. The average molecular weight is 366 g/mol. The summed E-state index contributed by atoms with van der Waals surface area (Å²) in [6.45, 7) is 1.44. The van der Waals surface area contributed by atoms with Gasteiger partial charge in [-0.3, -0.25) is 10.1 Å². The normalized spacial score (nSPS) is 19.2. The summed E-state index contributed by atoms with van der Waals surface area (Å²) < 4.78 is 7.04. The van der Waals surface area contributed by atoms with Crippen LogP contribution < -0.4 is 15.4 Å². The van der Waals surface area contributed by atoms with Gasteiger partial charge in [0.15, 0.2) is 0 Å². The number of carbonyl (C=O) groups excluding carboxylic acids is 1. The Labute approximate surface area is 159 Å². The highest BCUT2D eigenvalue weighted by Crippen LogP contribution is 2.25. The van der Waals surface area contributed by atoms with E-state index in [0.29, 0.717) is 12.2 Å². The van der Waals surface area contributed by atoms with Crippen molar-refractivity contribution in [2.45, 2.75) is 38.3 Å². The molecule has 0 radical (unpaired) electrons. The minimum Gasteiger partial charge on any atom is -0.497 e. The summed E-state index contributed by atoms with van der Waals surface area (Å²) in [7, 11) is 1.65. The Morgan fingerprint density at radius 2 is 2.15 bits per heavy atom. The van der Waals surface area contributed by atoms with Gasteiger partial charge in [0.1, 0.15) is 17.6 Å². The molecule has 6 nitrogen and oxygen atoms in total. The van der Waals surface area contributed by atoms with Gasteiger partial charge in [0.25, 0.3) is 5.91 Å². The van der Waals surface area contributed by atoms with Gasteiger partial charge in [-0.25, -0.2) is 4.68 Å². The number of rotatable bonds is 6. The zero-order chi connectivity index (χ0) is 18.6. The highest BCUT2D eigenvalue weighted by molar-refractivity contribution is 5.94. The van der Waals surface area contributed by atoms with E-state index in [1.165, 1.54) is 25.7 Å². The van der Waals surface area contributed by atoms with Gasteiger partial charge in [-0.05, 0) is 62.4 Å². The van der Waals surface area contributed by atoms with Crippen LogP contribution in [-0.2, 0) is 0 Å². The summed E-state index contributed by atoms with van der Waals surface area (Å²) in [6, 6.07) is 9.59. The smallest absolute Gasteiger partial charge is 0.269 e. The first-order chi connectivity index (χ1) is 13.2. The number of methoxy groups -OCH3 is 1. The van der Waals surface area contributed by atoms with Crippen molar-refractivity contribution in [3.8, 4) is 17.0 Å². The second kappa shape index (κ2) is 7.96. The second-order valence-electron chi connectivity index (χ2n) is 7.13. The van der Waals surface area contributed by atoms with E-state index in [0.717, 1.165) is 30.0 Å². The number of hydrogen-bond donors (Lipinski definition) is 2. The van der Waals surface area contributed by atoms with Crippen molar-refractivity contribution in [2.75, 3.05) is 20.2 Å². The minimum absolute atomic E-state index is 0.0195. The third-order valence-corrected chi connectivity index (χ3v) is 5.32. The van der Waals surface area contributed by atoms with Crippen LogP contribution in [0.4, 0.5) is 0 Å². The van der Waals surface area contributed by atoms with E-state index in [9.17, 15) is 4.79 Å². The first-order valence-corrected chi connectivity index (χ1v) is 9.68. The zero-order valence-electron chi connectivity index (χ0n) is 15.7. The number of allylic oxidation sites excluding steroid dienone is 1. The van der Waals surface area contributed by atoms with Gasteiger partial charge in [0.05, 0.1) is 19.3 Å². The van der Waals surface area contributed by atoms with Crippen molar-refractivity contribution in [3.05, 3.63) is 47.7 Å². The number of ether oxygens (including phenoxy) is 1. The molecule has 1 aliphatic carbocycles. The molecule has 2 aliphatic rings. The molecule has 0 fully saturated rings. The summed E-state index contributed by atoms with van der Waals surface area (Å²) in [4.78, 5) is 12.3. The van der Waals surface area contributed by atoms with Crippen molar-refractivity contribution in [3.63, 3.8) is 0 Å². The molecule has 27 heavy (non-hydrogen) atoms. The molecule has 2 aromatic rings. The largest absolute Gasteiger partial charge is 0.497 e. The van der Waals surface area contributed by atoms with E-state index in [1.54, 1.807) is 12.7 Å². The SMILES string of the molecule is COc1ccc(-c2cc3n(n2)C(NCCC2=CCCCC2)CNC3=O)cc1. The molecule has 0 spiro atoms. The van der Waals surface area contributed by atoms with Crippen LogP contribution in [0.15, 0.2) is 42.0 Å². The second-order valence-corrected chi connectivity index (χ2v) is 7.13. The molecule has 0 saturated heterocycles. The molecular weight excluding hydrogens is 340 g/mol. The topological polar surface area (TPSA) is 68.2 Å². The predicted octanol–water partition coefficient (Wildman–Crippen LogP) is 3.28. The maximum atomic E-state index is 12.3. The molecule has 1 unspecified atom stereocenters. The minimum atomic E-state index is -0.0738. The zero-order valence-corrected chi connectivity index (χ0v) is 15.7. The van der Waals surface area contributed by atoms with Crippen molar-refractivity contribution in [1.29, 1.82) is 0 Å². The summed E-state index contributed by atoms with van der Waals surface area (Å²) in [5.41, 5.74) is 3.91. The van der Waals surface area contributed by atoms with Crippen molar-refractivity contribution >= 4 is 5.91 Å². The van der Waals surface area contributed by atoms with Crippen LogP contribution in [0.1, 0.15) is 48.8 Å². The van der Waals surface area contributed by atoms with Gasteiger partial charge in [-0.15, -0.1) is 0 Å². The summed E-state index contributed by atoms with van der Waals surface area (Å²) in [5.74, 6) is 0.729. The Kier molecular flexibility index (Phi) is 5.25. The number of nitrogens with zero attached hydrogens (tertiary/aromatic N) is 2. The molecule has 4 rings (SSSR count). The van der Waals surface area contributed by atoms with Gasteiger partial charge in [0.2, 0.25) is 0 Å². The standard InChI is InChI=1S/C21H26N4O2/c1-27-17-9-7-16(8-10-17)18-13-19-21(26)23-14-20(25(19)24-18)22-12-11-15-5-3-2-4-6-15/h5,7-10,13,20,22H,2-4,6,11-12,14H2,1H3,(H,23,26). The van der Waals surface area contributed by atoms with E-state index in [4.69, 9.17) is 9.84 Å². The molecule has 1 amide bonds. The van der Waals surface area contributed by atoms with Crippen LogP contribution in [0.5, 0.6) is 5.75 Å². The van der Waals surface area contributed by atoms with Gasteiger partial charge in [0, 0.05) is 12.1 Å². The van der Waals surface area contributed by atoms with Crippen molar-refractivity contribution < 1.29 is 9.53 Å². The number of amides is 1. The monoisotopic (exact) mass is 366 g/mol. The summed E-state index contributed by atoms with van der Waals surface area (Å²) in [5, 5.41) is 11.2. The molecule has 142 valence electrons. The van der Waals surface area contributed by atoms with Crippen LogP contribution in [0.3, 0.4) is 0 Å². The van der Waals surface area contributed by atoms with Crippen molar-refractivity contribution in [2.24, 2.45) is 0 Å². The quantitative estimate of drug-likeness (QED) is 0.770. The summed E-state index contributed by atoms with van der Waals surface area (Å²) in [6.07, 6.45) is 8.48. The van der Waals surface area contributed by atoms with Crippen molar-refractivity contribution in [1.82, 2.24) is 20.4 Å². The maximum Gasteiger partial charge on any atom is 0.269 e. The Balaban J connectivity index is 1.48. The van der Waals surface area contributed by atoms with E-state index in [1.807, 2.05) is 35.0 Å². The number of hydrogen-bond acceptors (Lipinski definition) is 4. The maximum absolute atomic E-state index is 12.3. The summed E-state index contributed by atoms with van der Waals surface area (Å²) >= 11 is 0. The van der Waals surface area contributed by atoms with Gasteiger partial charge in [-0.1, -0.05) is 11.6 Å². The van der Waals surface area contributed by atoms with Gasteiger partial charge in [-0.2, -0.15) is 5.10 Å². The molecule has 1 aliphatic heterocycles. The van der Waals surface area contributed by atoms with E-state index in [2.05, 4.69) is 16.7 Å². The lowest BCUT2D eigenvalue weighted by atomic mass is 9.97. The number of carbonyl (C=O) groups is 1. The molecular formula is C21H26N4O2. The molecule has 2 N–H and O–H groups in total. The Morgan fingerprint density at radius 3 is 2.89 bits per heavy atom. The first-order valence-electron chi connectivity index (χ1n) is 9.68. The van der Waals surface area contributed by atoms with E-state index in [-0.39, 0.29) is 12.1 Å². The van der Waals surface area contributed by atoms with E-state index >= 15 is 0 Å². The number of aromatic nitrogens is 2. The lowest BCUT2D eigenvalue weighted by Crippen LogP contribution is -2.45. The molecule has 1 aromatic carbocycles. The fourth-order valence-electron chi connectivity index (χ4n) is 3.76. The predicted molar refractivity (Wildman–Crippen MR) is 105 cm³/mol. The van der Waals surface area contributed by atoms with Crippen LogP contribution in [0.2, 0.25) is 0 Å². The van der Waals surface area contributed by atoms with Crippen LogP contribution >= 0.6 is 0 Å². The van der Waals surface area contributed by atoms with Crippen LogP contribution in [0, 0.1) is 0 Å². The third-order valence-electron chi connectivity index (χ3n) is 5.32. The highest BCUT2D eigenvalue weighted by atomic mass is 16.5. The van der Waals surface area contributed by atoms with Gasteiger partial charge < -0.3 is 10.1 Å². The number of nitrogens with one attached hydrogen (secondary N) is 2. The molecule has 2 heterocycles. The van der Waals surface area contributed by atoms with Gasteiger partial charge >= 0.3 is 0 Å². The van der Waals surface area contributed by atoms with E-state index < -0.39 is 0 Å². The van der Waals surface area contributed by atoms with Crippen LogP contribution in [-0.4, -0.2) is 35.9 Å². The third kappa shape index (κ3) is 3.90. The average Bonchev–Trinajstić information content (AvgIpc) is 3.17. The molecule has 6 heteroatoms. The fourth-order valence-corrected chi connectivity index (χ4v) is 3.76. The molecule has 1 aromatic heterocycles. The fraction of sp³-hybridized carbons (Fsp3) is 0.429. The Hall–Kier alpha value is -2.60. The number of fused-ring (bicyclic) bond motifs is 1. The Morgan fingerprint density at radius 1 is 1.30 bits per heavy atom. The molecule has 1 atom stereocenters.